The van der Waals surface area contributed by atoms with Crippen molar-refractivity contribution in [2.24, 2.45) is 0 Å². The van der Waals surface area contributed by atoms with Gasteiger partial charge in [-0.15, -0.1) is 0 Å². The first-order chi connectivity index (χ1) is 21.4. The van der Waals surface area contributed by atoms with Crippen LogP contribution < -0.4 is 25.4 Å². The lowest BCUT2D eigenvalue weighted by molar-refractivity contribution is -0.154. The highest BCUT2D eigenvalue weighted by atomic mass is 19.4. The minimum absolute atomic E-state index is 0.0298. The molecule has 0 radical (unpaired) electrons. The molecular weight excluding hydrogens is 609 g/mol. The summed E-state index contributed by atoms with van der Waals surface area (Å²) in [6, 6.07) is 12.8. The topological polar surface area (TPSA) is 146 Å². The third-order valence-corrected chi connectivity index (χ3v) is 5.39. The molecule has 3 rings (SSSR count). The highest BCUT2D eigenvalue weighted by Crippen LogP contribution is 2.22. The number of hydrogen-bond acceptors (Lipinski definition) is 11. The van der Waals surface area contributed by atoms with Gasteiger partial charge < -0.3 is 34.9 Å². The summed E-state index contributed by atoms with van der Waals surface area (Å²) in [5, 5.41) is 8.51. The fraction of sp³-hybridized carbons (Fsp3) is 0.452. The van der Waals surface area contributed by atoms with Crippen LogP contribution in [0.15, 0.2) is 48.5 Å². The molecule has 2 aromatic carbocycles. The number of benzene rings is 2. The minimum Gasteiger partial charge on any atom is -0.494 e. The lowest BCUT2D eigenvalue weighted by Crippen LogP contribution is -2.33. The molecule has 0 saturated heterocycles. The summed E-state index contributed by atoms with van der Waals surface area (Å²) in [5.41, 5.74) is 0.363. The molecule has 0 bridgehead atoms. The van der Waals surface area contributed by atoms with Crippen LogP contribution in [-0.2, 0) is 16.0 Å². The molecule has 0 aliphatic rings. The van der Waals surface area contributed by atoms with E-state index < -0.39 is 42.1 Å². The van der Waals surface area contributed by atoms with E-state index in [-0.39, 0.29) is 18.4 Å². The summed E-state index contributed by atoms with van der Waals surface area (Å²) in [4.78, 5) is 36.1. The van der Waals surface area contributed by atoms with Gasteiger partial charge in [0.25, 0.3) is 0 Å². The number of ether oxygens (including phenoxy) is 4. The molecule has 3 aromatic rings. The van der Waals surface area contributed by atoms with Gasteiger partial charge in [0.2, 0.25) is 11.9 Å². The molecule has 0 saturated carbocycles. The molecule has 1 heterocycles. The molecule has 1 amide bonds. The number of anilines is 3. The summed E-state index contributed by atoms with van der Waals surface area (Å²) >= 11 is 0. The van der Waals surface area contributed by atoms with Crippen LogP contribution in [0.5, 0.6) is 11.8 Å². The minimum atomic E-state index is -4.59. The zero-order chi connectivity index (χ0) is 34.0. The van der Waals surface area contributed by atoms with Gasteiger partial charge in [-0.25, -0.2) is 9.59 Å². The number of esters is 1. The molecular formula is C31H39F3N6O6. The van der Waals surface area contributed by atoms with Crippen LogP contribution in [0, 0.1) is 0 Å². The summed E-state index contributed by atoms with van der Waals surface area (Å²) < 4.78 is 59.4. The zero-order valence-corrected chi connectivity index (χ0v) is 26.6. The predicted octanol–water partition coefficient (Wildman–Crippen LogP) is 6.42. The van der Waals surface area contributed by atoms with Gasteiger partial charge in [0.15, 0.2) is 6.61 Å². The van der Waals surface area contributed by atoms with E-state index in [1.165, 1.54) is 12.1 Å². The van der Waals surface area contributed by atoms with Gasteiger partial charge in [-0.2, -0.15) is 28.1 Å². The molecule has 12 nitrogen and oxygen atoms in total. The first-order valence-corrected chi connectivity index (χ1v) is 14.4. The molecule has 250 valence electrons. The van der Waals surface area contributed by atoms with Crippen LogP contribution in [0.4, 0.5) is 35.5 Å². The Hall–Kier alpha value is -4.82. The predicted molar refractivity (Wildman–Crippen MR) is 164 cm³/mol. The summed E-state index contributed by atoms with van der Waals surface area (Å²) in [5.74, 6) is 0.0105. The number of carbonyl (C=O) groups is 2. The highest BCUT2D eigenvalue weighted by molar-refractivity contribution is 5.90. The average molecular weight is 649 g/mol. The molecule has 0 aliphatic heterocycles. The van der Waals surface area contributed by atoms with E-state index >= 15 is 0 Å². The van der Waals surface area contributed by atoms with Crippen molar-refractivity contribution >= 4 is 29.6 Å². The van der Waals surface area contributed by atoms with Crippen LogP contribution in [0.1, 0.15) is 63.9 Å². The van der Waals surface area contributed by atoms with Gasteiger partial charge in [0.1, 0.15) is 17.0 Å². The van der Waals surface area contributed by atoms with Crippen LogP contribution in [-0.4, -0.2) is 64.2 Å². The van der Waals surface area contributed by atoms with Crippen LogP contribution in [0.3, 0.4) is 0 Å². The van der Waals surface area contributed by atoms with E-state index in [4.69, 9.17) is 18.9 Å². The number of amides is 1. The summed E-state index contributed by atoms with van der Waals surface area (Å²) in [7, 11) is 0. The average Bonchev–Trinajstić information content (AvgIpc) is 2.93. The number of nitrogens with zero attached hydrogens (tertiary/aromatic N) is 3. The van der Waals surface area contributed by atoms with E-state index in [2.05, 4.69) is 30.9 Å². The van der Waals surface area contributed by atoms with Crippen LogP contribution in [0.2, 0.25) is 0 Å². The molecule has 0 fully saturated rings. The van der Waals surface area contributed by atoms with Crippen molar-refractivity contribution in [3.05, 3.63) is 59.7 Å². The SMILES string of the molecule is CC(C)(C)OC(=O)NCCCOc1ccc(CNc2nc(Nc3ccc(C(=O)OC(C)(C)C)cc3)nc(OCC(F)(F)F)n2)cc1. The molecule has 1 aromatic heterocycles. The fourth-order valence-corrected chi connectivity index (χ4v) is 3.51. The zero-order valence-electron chi connectivity index (χ0n) is 26.6. The number of alkyl halides is 3. The largest absolute Gasteiger partial charge is 0.494 e. The van der Waals surface area contributed by atoms with Gasteiger partial charge >= 0.3 is 24.2 Å². The third kappa shape index (κ3) is 13.9. The summed E-state index contributed by atoms with van der Waals surface area (Å²) in [6.45, 7) is 10.0. The van der Waals surface area contributed by atoms with Crippen molar-refractivity contribution in [2.75, 3.05) is 30.4 Å². The summed E-state index contributed by atoms with van der Waals surface area (Å²) in [6.07, 6.45) is -4.51. The number of aromatic nitrogens is 3. The maximum Gasteiger partial charge on any atom is 0.422 e. The number of nitrogens with one attached hydrogen (secondary N) is 3. The lowest BCUT2D eigenvalue weighted by atomic mass is 10.1. The highest BCUT2D eigenvalue weighted by Gasteiger charge is 2.29. The van der Waals surface area contributed by atoms with E-state index in [1.807, 2.05) is 0 Å². The van der Waals surface area contributed by atoms with Gasteiger partial charge in [0.05, 0.1) is 12.2 Å². The Morgan fingerprint density at radius 2 is 1.41 bits per heavy atom. The second-order valence-corrected chi connectivity index (χ2v) is 12.0. The monoisotopic (exact) mass is 648 g/mol. The van der Waals surface area contributed by atoms with E-state index in [0.29, 0.717) is 36.6 Å². The van der Waals surface area contributed by atoms with E-state index in [0.717, 1.165) is 5.56 Å². The molecule has 0 spiro atoms. The lowest BCUT2D eigenvalue weighted by Gasteiger charge is -2.19. The van der Waals surface area contributed by atoms with Gasteiger partial charge in [0, 0.05) is 18.8 Å². The second kappa shape index (κ2) is 15.5. The second-order valence-electron chi connectivity index (χ2n) is 12.0. The molecule has 15 heteroatoms. The number of carbonyl (C=O) groups excluding carboxylic acids is 2. The van der Waals surface area contributed by atoms with Crippen LogP contribution in [0.25, 0.3) is 0 Å². The molecule has 46 heavy (non-hydrogen) atoms. The Bertz CT molecular complexity index is 1440. The molecule has 0 atom stereocenters. The Morgan fingerprint density at radius 1 is 0.783 bits per heavy atom. The smallest absolute Gasteiger partial charge is 0.422 e. The number of hydrogen-bond donors (Lipinski definition) is 3. The van der Waals surface area contributed by atoms with Crippen LogP contribution >= 0.6 is 0 Å². The van der Waals surface area contributed by atoms with Crippen molar-refractivity contribution in [2.45, 2.75) is 71.9 Å². The van der Waals surface area contributed by atoms with Crippen molar-refractivity contribution in [3.63, 3.8) is 0 Å². The Labute approximate surface area is 265 Å². The molecule has 3 N–H and O–H groups in total. The van der Waals surface area contributed by atoms with Crippen molar-refractivity contribution in [1.29, 1.82) is 0 Å². The molecule has 0 unspecified atom stereocenters. The van der Waals surface area contributed by atoms with Crippen molar-refractivity contribution in [3.8, 4) is 11.8 Å². The van der Waals surface area contributed by atoms with Gasteiger partial charge in [-0.05, 0) is 89.9 Å². The number of alkyl carbamates (subject to hydrolysis) is 1. The number of halogens is 3. The molecule has 0 aliphatic carbocycles. The first kappa shape index (κ1) is 35.7. The van der Waals surface area contributed by atoms with Crippen molar-refractivity contribution < 1.29 is 41.7 Å². The van der Waals surface area contributed by atoms with Crippen molar-refractivity contribution in [1.82, 2.24) is 20.3 Å². The van der Waals surface area contributed by atoms with Gasteiger partial charge in [-0.3, -0.25) is 0 Å². The first-order valence-electron chi connectivity index (χ1n) is 14.4. The Morgan fingerprint density at radius 3 is 2.02 bits per heavy atom. The van der Waals surface area contributed by atoms with E-state index in [9.17, 15) is 22.8 Å². The maximum absolute atomic E-state index is 12.8. The van der Waals surface area contributed by atoms with E-state index in [1.54, 1.807) is 77.9 Å². The van der Waals surface area contributed by atoms with Gasteiger partial charge in [-0.1, -0.05) is 12.1 Å². The number of rotatable bonds is 13. The normalized spacial score (nSPS) is 11.8. The third-order valence-electron chi connectivity index (χ3n) is 5.39. The Balaban J connectivity index is 1.58. The maximum atomic E-state index is 12.8. The standard InChI is InChI=1S/C31H39F3N6O6/c1-29(2,3)45-24(41)21-10-12-22(13-11-21)37-26-38-25(39-27(40-26)44-19-31(32,33)34)36-18-20-8-14-23(15-9-20)43-17-7-16-35-28(42)46-30(4,5)6/h8-15H,7,16-19H2,1-6H3,(H,35,42)(H2,36,37,38,39,40). The fourth-order valence-electron chi connectivity index (χ4n) is 3.51. The Kier molecular flexibility index (Phi) is 12.0. The quantitative estimate of drug-likeness (QED) is 0.139.